The highest BCUT2D eigenvalue weighted by molar-refractivity contribution is 9.10. The van der Waals surface area contributed by atoms with E-state index in [1.54, 1.807) is 0 Å². The first-order valence-corrected chi connectivity index (χ1v) is 8.02. The van der Waals surface area contributed by atoms with E-state index in [4.69, 9.17) is 5.73 Å². The van der Waals surface area contributed by atoms with Crippen LogP contribution in [0.4, 0.5) is 5.95 Å². The minimum Gasteiger partial charge on any atom is -0.339 e. The van der Waals surface area contributed by atoms with Crippen LogP contribution in [0.5, 0.6) is 0 Å². The van der Waals surface area contributed by atoms with Crippen LogP contribution < -0.4 is 10.6 Å². The van der Waals surface area contributed by atoms with Gasteiger partial charge in [0.15, 0.2) is 5.82 Å². The van der Waals surface area contributed by atoms with Gasteiger partial charge in [-0.05, 0) is 36.9 Å². The largest absolute Gasteiger partial charge is 0.339 e. The zero-order valence-corrected chi connectivity index (χ0v) is 13.7. The highest BCUT2D eigenvalue weighted by Gasteiger charge is 2.30. The molecule has 5 nitrogen and oxygen atoms in total. The number of anilines is 1. The summed E-state index contributed by atoms with van der Waals surface area (Å²) >= 11 is 3.44. The molecule has 0 atom stereocenters. The van der Waals surface area contributed by atoms with Crippen molar-refractivity contribution in [2.24, 2.45) is 11.1 Å². The standard InChI is InChI=1S/C15H20BrN5/c1-15(10-17)6-8-21(9-7-15)14-18-13(19-20-14)11-2-4-12(16)5-3-11/h2-5H,6-10,17H2,1H3,(H,18,19,20). The fraction of sp³-hybridized carbons (Fsp3) is 0.467. The number of nitrogens with zero attached hydrogens (tertiary/aromatic N) is 3. The zero-order chi connectivity index (χ0) is 14.9. The van der Waals surface area contributed by atoms with E-state index < -0.39 is 0 Å². The molecular weight excluding hydrogens is 330 g/mol. The smallest absolute Gasteiger partial charge is 0.245 e. The van der Waals surface area contributed by atoms with Gasteiger partial charge in [0.05, 0.1) is 0 Å². The first-order valence-electron chi connectivity index (χ1n) is 7.23. The van der Waals surface area contributed by atoms with Crippen LogP contribution in [-0.2, 0) is 0 Å². The Morgan fingerprint density at radius 2 is 1.95 bits per heavy atom. The van der Waals surface area contributed by atoms with E-state index in [0.29, 0.717) is 0 Å². The molecule has 1 aliphatic heterocycles. The van der Waals surface area contributed by atoms with Crippen molar-refractivity contribution in [2.75, 3.05) is 24.5 Å². The normalized spacial score (nSPS) is 18.0. The van der Waals surface area contributed by atoms with Gasteiger partial charge < -0.3 is 10.6 Å². The molecule has 2 aromatic rings. The number of nitrogens with one attached hydrogen (secondary N) is 1. The monoisotopic (exact) mass is 349 g/mol. The predicted octanol–water partition coefficient (Wildman–Crippen LogP) is 2.80. The number of piperidine rings is 1. The van der Waals surface area contributed by atoms with E-state index in [1.807, 2.05) is 24.3 Å². The Morgan fingerprint density at radius 3 is 2.57 bits per heavy atom. The summed E-state index contributed by atoms with van der Waals surface area (Å²) in [6, 6.07) is 8.06. The second-order valence-corrected chi connectivity index (χ2v) is 6.91. The lowest BCUT2D eigenvalue weighted by Gasteiger charge is -2.38. The van der Waals surface area contributed by atoms with Gasteiger partial charge in [0.25, 0.3) is 0 Å². The first kappa shape index (κ1) is 14.5. The van der Waals surface area contributed by atoms with Crippen molar-refractivity contribution >= 4 is 21.9 Å². The molecule has 3 rings (SSSR count). The molecule has 0 aliphatic carbocycles. The SMILES string of the molecule is CC1(CN)CCN(c2n[nH]c(-c3ccc(Br)cc3)n2)CC1. The number of hydrogen-bond acceptors (Lipinski definition) is 4. The molecule has 0 bridgehead atoms. The number of hydrogen-bond donors (Lipinski definition) is 2. The number of halogens is 1. The quantitative estimate of drug-likeness (QED) is 0.893. The van der Waals surface area contributed by atoms with Crippen molar-refractivity contribution in [1.29, 1.82) is 0 Å². The lowest BCUT2D eigenvalue weighted by atomic mass is 9.81. The van der Waals surface area contributed by atoms with Gasteiger partial charge in [0.1, 0.15) is 0 Å². The van der Waals surface area contributed by atoms with Gasteiger partial charge in [-0.2, -0.15) is 4.98 Å². The van der Waals surface area contributed by atoms with Crippen LogP contribution >= 0.6 is 15.9 Å². The summed E-state index contributed by atoms with van der Waals surface area (Å²) in [7, 11) is 0. The fourth-order valence-electron chi connectivity index (χ4n) is 2.58. The minimum atomic E-state index is 0.265. The van der Waals surface area contributed by atoms with Crippen LogP contribution in [0.3, 0.4) is 0 Å². The first-order chi connectivity index (χ1) is 10.1. The van der Waals surface area contributed by atoms with Crippen molar-refractivity contribution in [1.82, 2.24) is 15.2 Å². The number of rotatable bonds is 3. The van der Waals surface area contributed by atoms with Crippen LogP contribution in [0.25, 0.3) is 11.4 Å². The molecule has 1 aromatic heterocycles. The maximum absolute atomic E-state index is 5.85. The fourth-order valence-corrected chi connectivity index (χ4v) is 2.85. The van der Waals surface area contributed by atoms with Gasteiger partial charge in [-0.1, -0.05) is 35.0 Å². The lowest BCUT2D eigenvalue weighted by Crippen LogP contribution is -2.42. The maximum atomic E-state index is 5.85. The summed E-state index contributed by atoms with van der Waals surface area (Å²) in [6.07, 6.45) is 2.18. The van der Waals surface area contributed by atoms with Crippen LogP contribution in [-0.4, -0.2) is 34.8 Å². The molecule has 21 heavy (non-hydrogen) atoms. The summed E-state index contributed by atoms with van der Waals surface area (Å²) < 4.78 is 1.06. The van der Waals surface area contributed by atoms with Gasteiger partial charge >= 0.3 is 0 Å². The predicted molar refractivity (Wildman–Crippen MR) is 88.1 cm³/mol. The minimum absolute atomic E-state index is 0.265. The van der Waals surface area contributed by atoms with Crippen molar-refractivity contribution < 1.29 is 0 Å². The Labute approximate surface area is 133 Å². The van der Waals surface area contributed by atoms with Crippen LogP contribution in [0.15, 0.2) is 28.7 Å². The highest BCUT2D eigenvalue weighted by atomic mass is 79.9. The molecule has 1 aromatic carbocycles. The van der Waals surface area contributed by atoms with E-state index in [1.165, 1.54) is 0 Å². The van der Waals surface area contributed by atoms with Crippen LogP contribution in [0.1, 0.15) is 19.8 Å². The summed E-state index contributed by atoms with van der Waals surface area (Å²) in [5.74, 6) is 1.59. The Balaban J connectivity index is 1.72. The number of aromatic nitrogens is 3. The molecule has 0 unspecified atom stereocenters. The van der Waals surface area contributed by atoms with E-state index in [2.05, 4.69) is 42.9 Å². The molecule has 2 heterocycles. The molecule has 1 aliphatic rings. The third kappa shape index (κ3) is 3.11. The Kier molecular flexibility index (Phi) is 3.99. The zero-order valence-electron chi connectivity index (χ0n) is 12.1. The molecule has 0 saturated carbocycles. The molecule has 112 valence electrons. The Bertz CT molecular complexity index is 599. The molecule has 1 saturated heterocycles. The van der Waals surface area contributed by atoms with Gasteiger partial charge in [-0.25, -0.2) is 0 Å². The van der Waals surface area contributed by atoms with E-state index in [0.717, 1.165) is 54.3 Å². The summed E-state index contributed by atoms with van der Waals surface area (Å²) in [4.78, 5) is 6.85. The third-order valence-corrected chi connectivity index (χ3v) is 4.87. The molecule has 0 spiro atoms. The van der Waals surface area contributed by atoms with Crippen LogP contribution in [0, 0.1) is 5.41 Å². The summed E-state index contributed by atoms with van der Waals surface area (Å²) in [5, 5.41) is 7.39. The van der Waals surface area contributed by atoms with E-state index in [-0.39, 0.29) is 5.41 Å². The second kappa shape index (κ2) is 5.77. The lowest BCUT2D eigenvalue weighted by molar-refractivity contribution is 0.257. The van der Waals surface area contributed by atoms with Crippen molar-refractivity contribution in [2.45, 2.75) is 19.8 Å². The molecular formula is C15H20BrN5. The average molecular weight is 350 g/mol. The maximum Gasteiger partial charge on any atom is 0.245 e. The molecule has 0 radical (unpaired) electrons. The second-order valence-electron chi connectivity index (χ2n) is 5.99. The van der Waals surface area contributed by atoms with Gasteiger partial charge in [-0.15, -0.1) is 5.10 Å². The third-order valence-electron chi connectivity index (χ3n) is 4.34. The average Bonchev–Trinajstić information content (AvgIpc) is 2.98. The van der Waals surface area contributed by atoms with Gasteiger partial charge in [0.2, 0.25) is 5.95 Å². The van der Waals surface area contributed by atoms with Crippen LogP contribution in [0.2, 0.25) is 0 Å². The molecule has 0 amide bonds. The molecule has 6 heteroatoms. The Hall–Kier alpha value is -1.40. The van der Waals surface area contributed by atoms with Crippen molar-refractivity contribution in [3.63, 3.8) is 0 Å². The van der Waals surface area contributed by atoms with E-state index in [9.17, 15) is 0 Å². The summed E-state index contributed by atoms with van der Waals surface area (Å²) in [6.45, 7) is 4.94. The number of aromatic amines is 1. The number of H-pyrrole nitrogens is 1. The van der Waals surface area contributed by atoms with Gasteiger partial charge in [-0.3, -0.25) is 5.10 Å². The van der Waals surface area contributed by atoms with Crippen molar-refractivity contribution in [3.8, 4) is 11.4 Å². The van der Waals surface area contributed by atoms with Gasteiger partial charge in [0, 0.05) is 23.1 Å². The van der Waals surface area contributed by atoms with Crippen molar-refractivity contribution in [3.05, 3.63) is 28.7 Å². The molecule has 3 N–H and O–H groups in total. The number of nitrogens with two attached hydrogens (primary N) is 1. The number of benzene rings is 1. The topological polar surface area (TPSA) is 70.8 Å². The summed E-state index contributed by atoms with van der Waals surface area (Å²) in [5.41, 5.74) is 7.16. The molecule has 1 fully saturated rings. The highest BCUT2D eigenvalue weighted by Crippen LogP contribution is 2.31. The Morgan fingerprint density at radius 1 is 1.29 bits per heavy atom. The van der Waals surface area contributed by atoms with E-state index >= 15 is 0 Å².